The van der Waals surface area contributed by atoms with Gasteiger partial charge in [-0.1, -0.05) is 18.0 Å². The second-order valence-corrected chi connectivity index (χ2v) is 7.56. The van der Waals surface area contributed by atoms with Gasteiger partial charge in [-0.15, -0.1) is 0 Å². The molecule has 1 aromatic rings. The summed E-state index contributed by atoms with van der Waals surface area (Å²) in [5, 5.41) is 3.75. The Bertz CT molecular complexity index is 550. The molecule has 0 N–H and O–H groups in total. The highest BCUT2D eigenvalue weighted by Crippen LogP contribution is 2.38. The average Bonchev–Trinajstić information content (AvgIpc) is 3.17. The molecule has 19 heavy (non-hydrogen) atoms. The van der Waals surface area contributed by atoms with Crippen molar-refractivity contribution in [3.63, 3.8) is 0 Å². The highest BCUT2D eigenvalue weighted by molar-refractivity contribution is 7.90. The summed E-state index contributed by atoms with van der Waals surface area (Å²) in [6.45, 7) is 2.31. The van der Waals surface area contributed by atoms with Gasteiger partial charge < -0.3 is 4.52 Å². The molecular formula is C12H19N3O3S. The van der Waals surface area contributed by atoms with Crippen LogP contribution in [0, 0.1) is 6.92 Å². The van der Waals surface area contributed by atoms with E-state index in [1.165, 1.54) is 0 Å². The van der Waals surface area contributed by atoms with Crippen LogP contribution in [0.25, 0.3) is 0 Å². The van der Waals surface area contributed by atoms with Gasteiger partial charge in [0.25, 0.3) is 0 Å². The lowest BCUT2D eigenvalue weighted by atomic mass is 10.1. The molecule has 2 fully saturated rings. The van der Waals surface area contributed by atoms with Crippen LogP contribution in [0.2, 0.25) is 0 Å². The van der Waals surface area contributed by atoms with Gasteiger partial charge in [0.15, 0.2) is 5.82 Å². The van der Waals surface area contributed by atoms with Crippen molar-refractivity contribution in [3.05, 3.63) is 11.7 Å². The van der Waals surface area contributed by atoms with Crippen LogP contribution in [-0.4, -0.2) is 34.7 Å². The van der Waals surface area contributed by atoms with Gasteiger partial charge >= 0.3 is 0 Å². The zero-order chi connectivity index (χ0) is 13.5. The van der Waals surface area contributed by atoms with Crippen LogP contribution in [0.4, 0.5) is 0 Å². The molecule has 0 radical (unpaired) electrons. The van der Waals surface area contributed by atoms with E-state index in [-0.39, 0.29) is 11.3 Å². The Morgan fingerprint density at radius 3 is 2.63 bits per heavy atom. The Hall–Kier alpha value is -0.950. The van der Waals surface area contributed by atoms with Gasteiger partial charge in [0.05, 0.1) is 11.3 Å². The molecule has 7 heteroatoms. The lowest BCUT2D eigenvalue weighted by Gasteiger charge is -2.26. The molecule has 1 aliphatic carbocycles. The van der Waals surface area contributed by atoms with Crippen molar-refractivity contribution < 1.29 is 12.9 Å². The Morgan fingerprint density at radius 2 is 2.00 bits per heavy atom. The molecular weight excluding hydrogens is 266 g/mol. The van der Waals surface area contributed by atoms with Gasteiger partial charge in [0.2, 0.25) is 15.9 Å². The standard InChI is InChI=1S/C12H19N3O3S/c1-9-13-12(14-18-9)11-5-3-2-4-8-15(11)19(16,17)10-6-7-10/h10-11H,2-8H2,1H3/t11-/m1/s1. The average molecular weight is 285 g/mol. The third-order valence-electron chi connectivity index (χ3n) is 3.82. The van der Waals surface area contributed by atoms with Gasteiger partial charge in [0.1, 0.15) is 0 Å². The zero-order valence-corrected chi connectivity index (χ0v) is 11.9. The summed E-state index contributed by atoms with van der Waals surface area (Å²) in [4.78, 5) is 4.24. The maximum absolute atomic E-state index is 12.5. The van der Waals surface area contributed by atoms with Crippen molar-refractivity contribution in [2.24, 2.45) is 0 Å². The summed E-state index contributed by atoms with van der Waals surface area (Å²) < 4.78 is 31.7. The monoisotopic (exact) mass is 285 g/mol. The summed E-state index contributed by atoms with van der Waals surface area (Å²) in [5.41, 5.74) is 0. The van der Waals surface area contributed by atoms with E-state index in [9.17, 15) is 8.42 Å². The van der Waals surface area contributed by atoms with E-state index < -0.39 is 10.0 Å². The van der Waals surface area contributed by atoms with E-state index >= 15 is 0 Å². The third kappa shape index (κ3) is 2.53. The Morgan fingerprint density at radius 1 is 1.21 bits per heavy atom. The largest absolute Gasteiger partial charge is 0.340 e. The second kappa shape index (κ2) is 4.86. The third-order valence-corrected chi connectivity index (χ3v) is 6.22. The molecule has 2 heterocycles. The normalized spacial score (nSPS) is 26.3. The molecule has 0 amide bonds. The van der Waals surface area contributed by atoms with Gasteiger partial charge in [-0.25, -0.2) is 8.42 Å². The molecule has 0 bridgehead atoms. The fourth-order valence-corrected chi connectivity index (χ4v) is 4.70. The first kappa shape index (κ1) is 13.1. The minimum atomic E-state index is -3.19. The van der Waals surface area contributed by atoms with Crippen LogP contribution >= 0.6 is 0 Å². The number of hydrogen-bond acceptors (Lipinski definition) is 5. The van der Waals surface area contributed by atoms with E-state index in [1.54, 1.807) is 11.2 Å². The molecule has 0 spiro atoms. The van der Waals surface area contributed by atoms with Crippen LogP contribution in [-0.2, 0) is 10.0 Å². The van der Waals surface area contributed by atoms with E-state index in [0.29, 0.717) is 18.3 Å². The molecule has 1 saturated carbocycles. The van der Waals surface area contributed by atoms with Crippen LogP contribution in [0.15, 0.2) is 4.52 Å². The van der Waals surface area contributed by atoms with Gasteiger partial charge in [-0.3, -0.25) is 0 Å². The molecule has 1 saturated heterocycles. The number of hydrogen-bond donors (Lipinski definition) is 0. The first-order valence-electron chi connectivity index (χ1n) is 6.90. The Kier molecular flexibility index (Phi) is 3.34. The molecule has 1 aromatic heterocycles. The van der Waals surface area contributed by atoms with Gasteiger partial charge in [-0.2, -0.15) is 9.29 Å². The quantitative estimate of drug-likeness (QED) is 0.846. The number of sulfonamides is 1. The van der Waals surface area contributed by atoms with Gasteiger partial charge in [-0.05, 0) is 25.7 Å². The fourth-order valence-electron chi connectivity index (χ4n) is 2.65. The van der Waals surface area contributed by atoms with E-state index in [0.717, 1.165) is 38.5 Å². The van der Waals surface area contributed by atoms with Crippen molar-refractivity contribution in [1.29, 1.82) is 0 Å². The summed E-state index contributed by atoms with van der Waals surface area (Å²) in [6.07, 6.45) is 5.34. The Labute approximate surface area is 113 Å². The predicted molar refractivity (Wildman–Crippen MR) is 68.9 cm³/mol. The second-order valence-electron chi connectivity index (χ2n) is 5.39. The molecule has 1 atom stereocenters. The summed E-state index contributed by atoms with van der Waals surface area (Å²) in [7, 11) is -3.19. The molecule has 2 aliphatic rings. The molecule has 0 aromatic carbocycles. The maximum atomic E-state index is 12.5. The number of aromatic nitrogens is 2. The molecule has 3 rings (SSSR count). The van der Waals surface area contributed by atoms with Crippen molar-refractivity contribution in [3.8, 4) is 0 Å². The molecule has 6 nitrogen and oxygen atoms in total. The highest BCUT2D eigenvalue weighted by Gasteiger charge is 2.44. The fraction of sp³-hybridized carbons (Fsp3) is 0.833. The first-order chi connectivity index (χ1) is 9.09. The van der Waals surface area contributed by atoms with Gasteiger partial charge in [0, 0.05) is 13.5 Å². The number of rotatable bonds is 3. The molecule has 0 unspecified atom stereocenters. The maximum Gasteiger partial charge on any atom is 0.223 e. The molecule has 106 valence electrons. The summed E-state index contributed by atoms with van der Waals surface area (Å²) in [6, 6.07) is -0.245. The van der Waals surface area contributed by atoms with E-state index in [4.69, 9.17) is 4.52 Å². The zero-order valence-electron chi connectivity index (χ0n) is 11.1. The topological polar surface area (TPSA) is 76.3 Å². The van der Waals surface area contributed by atoms with Crippen molar-refractivity contribution in [2.75, 3.05) is 6.54 Å². The molecule has 1 aliphatic heterocycles. The summed E-state index contributed by atoms with van der Waals surface area (Å²) in [5.74, 6) is 1.01. The van der Waals surface area contributed by atoms with Crippen LogP contribution in [0.5, 0.6) is 0 Å². The Balaban J connectivity index is 1.93. The number of aryl methyl sites for hydroxylation is 1. The lowest BCUT2D eigenvalue weighted by Crippen LogP contribution is -2.37. The van der Waals surface area contributed by atoms with Crippen molar-refractivity contribution in [2.45, 2.75) is 56.7 Å². The summed E-state index contributed by atoms with van der Waals surface area (Å²) >= 11 is 0. The van der Waals surface area contributed by atoms with Crippen LogP contribution in [0.1, 0.15) is 56.3 Å². The SMILES string of the molecule is Cc1nc([C@H]2CCCCCN2S(=O)(=O)C2CC2)no1. The predicted octanol–water partition coefficient (Wildman–Crippen LogP) is 1.79. The highest BCUT2D eigenvalue weighted by atomic mass is 32.2. The lowest BCUT2D eigenvalue weighted by molar-refractivity contribution is 0.302. The van der Waals surface area contributed by atoms with Crippen LogP contribution in [0.3, 0.4) is 0 Å². The van der Waals surface area contributed by atoms with Crippen molar-refractivity contribution in [1.82, 2.24) is 14.4 Å². The number of nitrogens with zero attached hydrogens (tertiary/aromatic N) is 3. The smallest absolute Gasteiger partial charge is 0.223 e. The first-order valence-corrected chi connectivity index (χ1v) is 8.40. The van der Waals surface area contributed by atoms with Crippen molar-refractivity contribution >= 4 is 10.0 Å². The van der Waals surface area contributed by atoms with Crippen LogP contribution < -0.4 is 0 Å². The minimum Gasteiger partial charge on any atom is -0.340 e. The van der Waals surface area contributed by atoms with E-state index in [2.05, 4.69) is 10.1 Å². The van der Waals surface area contributed by atoms with E-state index in [1.807, 2.05) is 0 Å². The minimum absolute atomic E-state index is 0.180.